The van der Waals surface area contributed by atoms with E-state index in [4.69, 9.17) is 4.74 Å². The van der Waals surface area contributed by atoms with Gasteiger partial charge in [-0.3, -0.25) is 4.79 Å². The van der Waals surface area contributed by atoms with Crippen LogP contribution in [-0.4, -0.2) is 23.5 Å². The van der Waals surface area contributed by atoms with E-state index >= 15 is 0 Å². The zero-order chi connectivity index (χ0) is 12.6. The van der Waals surface area contributed by atoms with Crippen molar-refractivity contribution < 1.29 is 9.53 Å². The highest BCUT2D eigenvalue weighted by Crippen LogP contribution is 2.33. The number of hydrogen-bond acceptors (Lipinski definition) is 3. The zero-order valence-corrected chi connectivity index (χ0v) is 10.7. The highest BCUT2D eigenvalue weighted by atomic mass is 16.5. The number of ether oxygens (including phenoxy) is 1. The number of aromatic nitrogens is 1. The van der Waals surface area contributed by atoms with Gasteiger partial charge in [-0.05, 0) is 31.4 Å². The Hall–Kier alpha value is -1.58. The van der Waals surface area contributed by atoms with Crippen molar-refractivity contribution in [2.75, 3.05) is 11.5 Å². The number of anilines is 1. The zero-order valence-electron chi connectivity index (χ0n) is 10.7. The van der Waals surface area contributed by atoms with Gasteiger partial charge in [-0.25, -0.2) is 4.98 Å². The minimum Gasteiger partial charge on any atom is -0.466 e. The Morgan fingerprint density at radius 2 is 2.06 bits per heavy atom. The van der Waals surface area contributed by atoms with E-state index in [9.17, 15) is 4.79 Å². The lowest BCUT2D eigenvalue weighted by atomic mass is 10.0. The van der Waals surface area contributed by atoms with Crippen LogP contribution in [0.5, 0.6) is 5.88 Å². The van der Waals surface area contributed by atoms with Crippen LogP contribution in [0.2, 0.25) is 0 Å². The molecule has 1 aliphatic heterocycles. The predicted molar refractivity (Wildman–Crippen MR) is 66.4 cm³/mol. The molecular formula is C13H18N2O2. The second-order valence-corrected chi connectivity index (χ2v) is 4.89. The van der Waals surface area contributed by atoms with E-state index in [-0.39, 0.29) is 18.6 Å². The maximum atomic E-state index is 11.9. The van der Waals surface area contributed by atoms with E-state index in [0.717, 1.165) is 11.3 Å². The third-order valence-electron chi connectivity index (χ3n) is 2.90. The van der Waals surface area contributed by atoms with Gasteiger partial charge < -0.3 is 9.64 Å². The molecule has 0 radical (unpaired) electrons. The third-order valence-corrected chi connectivity index (χ3v) is 2.90. The van der Waals surface area contributed by atoms with Crippen molar-refractivity contribution in [1.82, 2.24) is 4.98 Å². The molecule has 17 heavy (non-hydrogen) atoms. The van der Waals surface area contributed by atoms with E-state index in [1.807, 2.05) is 26.1 Å². The molecule has 2 heterocycles. The average Bonchev–Trinajstić information content (AvgIpc) is 2.27. The lowest BCUT2D eigenvalue weighted by molar-refractivity contribution is -0.121. The molecule has 0 unspecified atom stereocenters. The number of rotatable bonds is 2. The van der Waals surface area contributed by atoms with Crippen LogP contribution in [0.25, 0.3) is 0 Å². The van der Waals surface area contributed by atoms with Crippen LogP contribution in [0.1, 0.15) is 39.2 Å². The van der Waals surface area contributed by atoms with Crippen molar-refractivity contribution in [3.63, 3.8) is 0 Å². The molecule has 1 aromatic rings. The van der Waals surface area contributed by atoms with Crippen LogP contribution >= 0.6 is 0 Å². The topological polar surface area (TPSA) is 42.4 Å². The van der Waals surface area contributed by atoms with Crippen molar-refractivity contribution in [3.05, 3.63) is 17.8 Å². The fourth-order valence-electron chi connectivity index (χ4n) is 1.96. The summed E-state index contributed by atoms with van der Waals surface area (Å²) in [7, 11) is 0. The first-order valence-corrected chi connectivity index (χ1v) is 5.95. The second kappa shape index (κ2) is 4.35. The number of hydrogen-bond donors (Lipinski definition) is 0. The molecule has 92 valence electrons. The average molecular weight is 234 g/mol. The van der Waals surface area contributed by atoms with Gasteiger partial charge in [0, 0.05) is 12.2 Å². The Kier molecular flexibility index (Phi) is 3.05. The van der Waals surface area contributed by atoms with Gasteiger partial charge in [0.05, 0.1) is 0 Å². The largest absolute Gasteiger partial charge is 0.466 e. The van der Waals surface area contributed by atoms with Crippen LogP contribution in [0.15, 0.2) is 12.3 Å². The number of carbonyl (C=O) groups excluding carboxylic acids is 1. The van der Waals surface area contributed by atoms with Gasteiger partial charge in [0.2, 0.25) is 5.88 Å². The molecule has 4 nitrogen and oxygen atoms in total. The van der Waals surface area contributed by atoms with Gasteiger partial charge in [0.1, 0.15) is 5.69 Å². The molecular weight excluding hydrogens is 216 g/mol. The van der Waals surface area contributed by atoms with E-state index in [2.05, 4.69) is 18.8 Å². The van der Waals surface area contributed by atoms with E-state index in [0.29, 0.717) is 11.8 Å². The van der Waals surface area contributed by atoms with Crippen molar-refractivity contribution in [2.24, 2.45) is 0 Å². The Bertz CT molecular complexity index is 441. The summed E-state index contributed by atoms with van der Waals surface area (Å²) in [6.45, 7) is 8.28. The molecule has 1 aromatic heterocycles. The molecule has 0 spiro atoms. The first-order valence-electron chi connectivity index (χ1n) is 5.95. The molecule has 1 amide bonds. The molecule has 0 aromatic carbocycles. The molecule has 1 aliphatic rings. The van der Waals surface area contributed by atoms with Gasteiger partial charge in [0.25, 0.3) is 5.91 Å². The molecule has 0 N–H and O–H groups in total. The third kappa shape index (κ3) is 2.12. The monoisotopic (exact) mass is 234 g/mol. The molecule has 2 rings (SSSR count). The predicted octanol–water partition coefficient (Wildman–Crippen LogP) is 2.34. The van der Waals surface area contributed by atoms with Crippen LogP contribution in [-0.2, 0) is 4.79 Å². The summed E-state index contributed by atoms with van der Waals surface area (Å²) >= 11 is 0. The Labute approximate surface area is 102 Å². The number of fused-ring (bicyclic) bond motifs is 1. The normalized spacial score (nSPS) is 15.2. The highest BCUT2D eigenvalue weighted by molar-refractivity contribution is 5.97. The van der Waals surface area contributed by atoms with Crippen molar-refractivity contribution in [3.8, 4) is 5.88 Å². The minimum atomic E-state index is -0.00444. The summed E-state index contributed by atoms with van der Waals surface area (Å²) in [4.78, 5) is 17.9. The van der Waals surface area contributed by atoms with E-state index in [1.165, 1.54) is 0 Å². The SMILES string of the molecule is CC(C)c1cnc2c(c1)N(C(C)C)C(=O)CO2. The summed E-state index contributed by atoms with van der Waals surface area (Å²) in [6, 6.07) is 2.12. The van der Waals surface area contributed by atoms with Gasteiger partial charge in [0.15, 0.2) is 6.61 Å². The summed E-state index contributed by atoms with van der Waals surface area (Å²) in [6.07, 6.45) is 1.82. The lowest BCUT2D eigenvalue weighted by Gasteiger charge is -2.32. The smallest absolute Gasteiger partial charge is 0.265 e. The van der Waals surface area contributed by atoms with E-state index in [1.54, 1.807) is 4.90 Å². The summed E-state index contributed by atoms with van der Waals surface area (Å²) in [5, 5.41) is 0. The van der Waals surface area contributed by atoms with E-state index < -0.39 is 0 Å². The number of amides is 1. The Balaban J connectivity index is 2.48. The summed E-state index contributed by atoms with van der Waals surface area (Å²) in [5.74, 6) is 0.941. The quantitative estimate of drug-likeness (QED) is 0.788. The lowest BCUT2D eigenvalue weighted by Crippen LogP contribution is -2.43. The standard InChI is InChI=1S/C13H18N2O2/c1-8(2)10-5-11-13(14-6-10)17-7-12(16)15(11)9(3)4/h5-6,8-9H,7H2,1-4H3. The summed E-state index contributed by atoms with van der Waals surface area (Å²) < 4.78 is 5.35. The molecule has 0 bridgehead atoms. The van der Waals surface area contributed by atoms with Crippen LogP contribution in [0, 0.1) is 0 Å². The molecule has 0 fully saturated rings. The fraction of sp³-hybridized carbons (Fsp3) is 0.538. The van der Waals surface area contributed by atoms with Gasteiger partial charge in [-0.1, -0.05) is 13.8 Å². The maximum absolute atomic E-state index is 11.9. The van der Waals surface area contributed by atoms with Gasteiger partial charge in [-0.2, -0.15) is 0 Å². The Morgan fingerprint density at radius 1 is 1.35 bits per heavy atom. The fourth-order valence-corrected chi connectivity index (χ4v) is 1.96. The molecule has 4 heteroatoms. The molecule has 0 saturated heterocycles. The van der Waals surface area contributed by atoms with Crippen LogP contribution in [0.3, 0.4) is 0 Å². The maximum Gasteiger partial charge on any atom is 0.265 e. The van der Waals surface area contributed by atoms with Gasteiger partial charge >= 0.3 is 0 Å². The number of pyridine rings is 1. The van der Waals surface area contributed by atoms with Crippen LogP contribution < -0.4 is 9.64 Å². The number of carbonyl (C=O) groups is 1. The van der Waals surface area contributed by atoms with Gasteiger partial charge in [-0.15, -0.1) is 0 Å². The van der Waals surface area contributed by atoms with Crippen molar-refractivity contribution >= 4 is 11.6 Å². The summed E-state index contributed by atoms with van der Waals surface area (Å²) in [5.41, 5.74) is 1.91. The number of nitrogens with zero attached hydrogens (tertiary/aromatic N) is 2. The van der Waals surface area contributed by atoms with Crippen LogP contribution in [0.4, 0.5) is 5.69 Å². The Morgan fingerprint density at radius 3 is 2.65 bits per heavy atom. The molecule has 0 saturated carbocycles. The first kappa shape index (κ1) is 11.9. The van der Waals surface area contributed by atoms with Crippen molar-refractivity contribution in [2.45, 2.75) is 39.7 Å². The second-order valence-electron chi connectivity index (χ2n) is 4.89. The van der Waals surface area contributed by atoms with Crippen molar-refractivity contribution in [1.29, 1.82) is 0 Å². The minimum absolute atomic E-state index is 0.00444. The highest BCUT2D eigenvalue weighted by Gasteiger charge is 2.28. The first-order chi connectivity index (χ1) is 8.00. The molecule has 0 atom stereocenters. The molecule has 0 aliphatic carbocycles.